The maximum absolute atomic E-state index is 12.8. The summed E-state index contributed by atoms with van der Waals surface area (Å²) in [7, 11) is 0. The highest BCUT2D eigenvalue weighted by Gasteiger charge is 2.12. The van der Waals surface area contributed by atoms with Gasteiger partial charge in [0.15, 0.2) is 0 Å². The Balaban J connectivity index is 2.09. The van der Waals surface area contributed by atoms with E-state index in [4.69, 9.17) is 0 Å². The molecule has 4 heteroatoms. The number of carbonyl (C=O) groups excluding carboxylic acids is 1. The van der Waals surface area contributed by atoms with Gasteiger partial charge in [0.25, 0.3) is 5.91 Å². The molecule has 0 saturated carbocycles. The summed E-state index contributed by atoms with van der Waals surface area (Å²) in [4.78, 5) is 12.2. The van der Waals surface area contributed by atoms with Gasteiger partial charge >= 0.3 is 0 Å². The van der Waals surface area contributed by atoms with Crippen LogP contribution in [0.25, 0.3) is 10.9 Å². The lowest BCUT2D eigenvalue weighted by atomic mass is 10.2. The molecule has 0 fully saturated rings. The number of fused-ring (bicyclic) bond motifs is 1. The van der Waals surface area contributed by atoms with Crippen LogP contribution in [0.4, 0.5) is 4.39 Å². The third kappa shape index (κ3) is 1.68. The molecular weight excluding hydrogens is 231 g/mol. The number of nitrogens with zero attached hydrogens (tertiary/aromatic N) is 2. The molecule has 0 aliphatic heterocycles. The Bertz CT molecular complexity index is 716. The van der Waals surface area contributed by atoms with Crippen LogP contribution in [-0.2, 0) is 0 Å². The van der Waals surface area contributed by atoms with E-state index in [1.165, 1.54) is 28.9 Å². The van der Waals surface area contributed by atoms with E-state index in [2.05, 4.69) is 5.10 Å². The molecule has 1 aromatic heterocycles. The summed E-state index contributed by atoms with van der Waals surface area (Å²) in [5.41, 5.74) is 1.15. The van der Waals surface area contributed by atoms with E-state index in [9.17, 15) is 9.18 Å². The lowest BCUT2D eigenvalue weighted by Crippen LogP contribution is -2.13. The lowest BCUT2D eigenvalue weighted by Gasteiger charge is -2.02. The van der Waals surface area contributed by atoms with E-state index in [1.54, 1.807) is 6.20 Å². The Morgan fingerprint density at radius 1 is 1.06 bits per heavy atom. The van der Waals surface area contributed by atoms with Crippen LogP contribution in [0.1, 0.15) is 10.4 Å². The van der Waals surface area contributed by atoms with E-state index in [0.717, 1.165) is 10.9 Å². The molecule has 0 amide bonds. The molecule has 0 N–H and O–H groups in total. The van der Waals surface area contributed by atoms with Crippen LogP contribution in [0.3, 0.4) is 0 Å². The fourth-order valence-electron chi connectivity index (χ4n) is 1.85. The predicted octanol–water partition coefficient (Wildman–Crippen LogP) is 2.86. The number of hydrogen-bond donors (Lipinski definition) is 0. The molecule has 0 radical (unpaired) electrons. The molecule has 0 saturated heterocycles. The van der Waals surface area contributed by atoms with Gasteiger partial charge in [-0.1, -0.05) is 18.2 Å². The zero-order chi connectivity index (χ0) is 12.5. The maximum atomic E-state index is 12.8. The standard InChI is InChI=1S/C14H9FN2O/c15-12-7-5-10(6-8-12)14(18)17-13-4-2-1-3-11(13)9-16-17/h1-9H. The quantitative estimate of drug-likeness (QED) is 0.655. The largest absolute Gasteiger partial charge is 0.278 e. The van der Waals surface area contributed by atoms with Crippen LogP contribution in [0.2, 0.25) is 0 Å². The Morgan fingerprint density at radius 3 is 2.56 bits per heavy atom. The molecular formula is C14H9FN2O. The van der Waals surface area contributed by atoms with E-state index < -0.39 is 0 Å². The van der Waals surface area contributed by atoms with Crippen molar-refractivity contribution in [2.75, 3.05) is 0 Å². The maximum Gasteiger partial charge on any atom is 0.278 e. The molecule has 18 heavy (non-hydrogen) atoms. The topological polar surface area (TPSA) is 34.9 Å². The number of hydrogen-bond acceptors (Lipinski definition) is 2. The monoisotopic (exact) mass is 240 g/mol. The van der Waals surface area contributed by atoms with Crippen LogP contribution < -0.4 is 0 Å². The van der Waals surface area contributed by atoms with Crippen molar-refractivity contribution >= 4 is 16.8 Å². The molecule has 3 rings (SSSR count). The summed E-state index contributed by atoms with van der Waals surface area (Å²) in [6.45, 7) is 0. The van der Waals surface area contributed by atoms with Crippen LogP contribution in [0.15, 0.2) is 54.7 Å². The molecule has 0 bridgehead atoms. The molecule has 0 aliphatic rings. The van der Waals surface area contributed by atoms with Crippen molar-refractivity contribution in [2.24, 2.45) is 0 Å². The van der Waals surface area contributed by atoms with Gasteiger partial charge in [0, 0.05) is 10.9 Å². The number of carbonyl (C=O) groups is 1. The van der Waals surface area contributed by atoms with Gasteiger partial charge in [-0.15, -0.1) is 0 Å². The zero-order valence-electron chi connectivity index (χ0n) is 9.38. The number of rotatable bonds is 1. The molecule has 0 aliphatic carbocycles. The second-order valence-electron chi connectivity index (χ2n) is 3.93. The van der Waals surface area contributed by atoms with Crippen molar-refractivity contribution in [3.05, 3.63) is 66.1 Å². The first-order valence-corrected chi connectivity index (χ1v) is 5.49. The SMILES string of the molecule is O=C(c1ccc(F)cc1)n1ncc2ccccc21. The molecule has 88 valence electrons. The van der Waals surface area contributed by atoms with Crippen LogP contribution in [0.5, 0.6) is 0 Å². The Hall–Kier alpha value is -2.49. The number of aromatic nitrogens is 2. The second kappa shape index (κ2) is 4.07. The van der Waals surface area contributed by atoms with E-state index >= 15 is 0 Å². The van der Waals surface area contributed by atoms with Gasteiger partial charge in [0.2, 0.25) is 0 Å². The minimum Gasteiger partial charge on any atom is -0.267 e. The molecule has 3 aromatic rings. The third-order valence-electron chi connectivity index (χ3n) is 2.76. The average molecular weight is 240 g/mol. The normalized spacial score (nSPS) is 10.7. The summed E-state index contributed by atoms with van der Waals surface area (Å²) in [5.74, 6) is -0.631. The second-order valence-corrected chi connectivity index (χ2v) is 3.93. The van der Waals surface area contributed by atoms with Gasteiger partial charge in [0.1, 0.15) is 5.82 Å². The molecule has 0 unspecified atom stereocenters. The Kier molecular flexibility index (Phi) is 2.41. The van der Waals surface area contributed by atoms with E-state index in [-0.39, 0.29) is 11.7 Å². The van der Waals surface area contributed by atoms with Gasteiger partial charge in [-0.05, 0) is 30.3 Å². The Morgan fingerprint density at radius 2 is 1.78 bits per heavy atom. The highest BCUT2D eigenvalue weighted by atomic mass is 19.1. The summed E-state index contributed by atoms with van der Waals surface area (Å²) >= 11 is 0. The first kappa shape index (κ1) is 10.7. The minimum atomic E-state index is -0.364. The molecule has 0 spiro atoms. The lowest BCUT2D eigenvalue weighted by molar-refractivity contribution is 0.0950. The van der Waals surface area contributed by atoms with Crippen LogP contribution in [-0.4, -0.2) is 15.7 Å². The molecule has 1 heterocycles. The van der Waals surface area contributed by atoms with Gasteiger partial charge in [-0.2, -0.15) is 9.78 Å². The van der Waals surface area contributed by atoms with Crippen molar-refractivity contribution in [1.29, 1.82) is 0 Å². The van der Waals surface area contributed by atoms with Crippen molar-refractivity contribution in [3.8, 4) is 0 Å². The van der Waals surface area contributed by atoms with E-state index in [1.807, 2.05) is 24.3 Å². The van der Waals surface area contributed by atoms with Crippen molar-refractivity contribution in [1.82, 2.24) is 9.78 Å². The fraction of sp³-hybridized carbons (Fsp3) is 0. The van der Waals surface area contributed by atoms with Gasteiger partial charge in [-0.25, -0.2) is 4.39 Å². The van der Waals surface area contributed by atoms with Crippen LogP contribution >= 0.6 is 0 Å². The average Bonchev–Trinajstić information content (AvgIpc) is 2.82. The summed E-state index contributed by atoms with van der Waals surface area (Å²) in [6, 6.07) is 12.9. The first-order chi connectivity index (χ1) is 8.75. The first-order valence-electron chi connectivity index (χ1n) is 5.49. The summed E-state index contributed by atoms with van der Waals surface area (Å²) in [5, 5.41) is 4.96. The van der Waals surface area contributed by atoms with Crippen molar-refractivity contribution in [2.45, 2.75) is 0 Å². The van der Waals surface area contributed by atoms with Crippen molar-refractivity contribution < 1.29 is 9.18 Å². The number of halogens is 1. The summed E-state index contributed by atoms with van der Waals surface area (Å²) in [6.07, 6.45) is 1.64. The Labute approximate surface area is 102 Å². The number of benzene rings is 2. The van der Waals surface area contributed by atoms with Gasteiger partial charge < -0.3 is 0 Å². The number of para-hydroxylation sites is 1. The van der Waals surface area contributed by atoms with Gasteiger partial charge in [0.05, 0.1) is 11.7 Å². The molecule has 3 nitrogen and oxygen atoms in total. The molecule has 2 aromatic carbocycles. The highest BCUT2D eigenvalue weighted by Crippen LogP contribution is 2.14. The van der Waals surface area contributed by atoms with Crippen LogP contribution in [0, 0.1) is 5.82 Å². The van der Waals surface area contributed by atoms with Gasteiger partial charge in [-0.3, -0.25) is 4.79 Å². The van der Waals surface area contributed by atoms with E-state index in [0.29, 0.717) is 5.56 Å². The third-order valence-corrected chi connectivity index (χ3v) is 2.76. The zero-order valence-corrected chi connectivity index (χ0v) is 9.38. The molecule has 0 atom stereocenters. The van der Waals surface area contributed by atoms with Crippen molar-refractivity contribution in [3.63, 3.8) is 0 Å². The minimum absolute atomic E-state index is 0.267. The predicted molar refractivity (Wildman–Crippen MR) is 65.9 cm³/mol. The highest BCUT2D eigenvalue weighted by molar-refractivity contribution is 6.00. The summed E-state index contributed by atoms with van der Waals surface area (Å²) < 4.78 is 14.1. The smallest absolute Gasteiger partial charge is 0.267 e. The fourth-order valence-corrected chi connectivity index (χ4v) is 1.85.